The van der Waals surface area contributed by atoms with Gasteiger partial charge in [0.25, 0.3) is 0 Å². The van der Waals surface area contributed by atoms with Crippen molar-refractivity contribution >= 4 is 0 Å². The molecule has 1 aliphatic rings. The molecule has 0 aliphatic carbocycles. The number of aliphatic hydroxyl groups is 1. The molecule has 6 nitrogen and oxygen atoms in total. The van der Waals surface area contributed by atoms with Crippen molar-refractivity contribution in [3.05, 3.63) is 30.2 Å². The van der Waals surface area contributed by atoms with E-state index >= 15 is 0 Å². The van der Waals surface area contributed by atoms with Crippen LogP contribution in [-0.4, -0.2) is 46.5 Å². The van der Waals surface area contributed by atoms with E-state index in [4.69, 9.17) is 9.15 Å². The first-order valence-electron chi connectivity index (χ1n) is 8.12. The summed E-state index contributed by atoms with van der Waals surface area (Å²) < 4.78 is 11.0. The van der Waals surface area contributed by atoms with Crippen molar-refractivity contribution in [3.8, 4) is 17.2 Å². The molecule has 0 bridgehead atoms. The van der Waals surface area contributed by atoms with Gasteiger partial charge in [0.2, 0.25) is 11.8 Å². The summed E-state index contributed by atoms with van der Waals surface area (Å²) in [6.45, 7) is 1.89. The van der Waals surface area contributed by atoms with E-state index in [-0.39, 0.29) is 6.61 Å². The molecule has 6 heteroatoms. The minimum Gasteiger partial charge on any atom is -0.497 e. The van der Waals surface area contributed by atoms with Gasteiger partial charge in [-0.3, -0.25) is 4.90 Å². The summed E-state index contributed by atoms with van der Waals surface area (Å²) in [6, 6.07) is 7.98. The normalized spacial score (nSPS) is 19.0. The van der Waals surface area contributed by atoms with Crippen LogP contribution < -0.4 is 4.74 Å². The molecule has 23 heavy (non-hydrogen) atoms. The Labute approximate surface area is 136 Å². The third-order valence-electron chi connectivity index (χ3n) is 4.35. The quantitative estimate of drug-likeness (QED) is 0.882. The summed E-state index contributed by atoms with van der Waals surface area (Å²) in [7, 11) is 1.64. The fraction of sp³-hybridized carbons (Fsp3) is 0.529. The molecule has 3 rings (SSSR count). The third kappa shape index (κ3) is 3.89. The first kappa shape index (κ1) is 16.0. The van der Waals surface area contributed by atoms with Crippen LogP contribution >= 0.6 is 0 Å². The first-order valence-corrected chi connectivity index (χ1v) is 8.12. The molecule has 1 saturated heterocycles. The Kier molecular flexibility index (Phi) is 5.25. The number of methoxy groups -OCH3 is 1. The van der Waals surface area contributed by atoms with Crippen LogP contribution in [0.2, 0.25) is 0 Å². The van der Waals surface area contributed by atoms with Gasteiger partial charge in [-0.15, -0.1) is 10.2 Å². The summed E-state index contributed by atoms with van der Waals surface area (Å²) in [6.07, 6.45) is 4.34. The van der Waals surface area contributed by atoms with E-state index in [1.54, 1.807) is 7.11 Å². The number of aliphatic hydroxyl groups excluding tert-OH is 1. The van der Waals surface area contributed by atoms with E-state index < -0.39 is 0 Å². The van der Waals surface area contributed by atoms with Gasteiger partial charge in [0, 0.05) is 18.2 Å². The van der Waals surface area contributed by atoms with Crippen LogP contribution in [0.15, 0.2) is 28.7 Å². The second kappa shape index (κ2) is 7.57. The second-order valence-electron chi connectivity index (χ2n) is 5.86. The van der Waals surface area contributed by atoms with Crippen molar-refractivity contribution in [2.24, 2.45) is 0 Å². The highest BCUT2D eigenvalue weighted by atomic mass is 16.5. The van der Waals surface area contributed by atoms with Gasteiger partial charge >= 0.3 is 0 Å². The highest BCUT2D eigenvalue weighted by molar-refractivity contribution is 5.53. The Morgan fingerprint density at radius 1 is 1.26 bits per heavy atom. The lowest BCUT2D eigenvalue weighted by atomic mass is 10.00. The van der Waals surface area contributed by atoms with Crippen molar-refractivity contribution in [2.75, 3.05) is 20.3 Å². The largest absolute Gasteiger partial charge is 0.497 e. The molecule has 0 saturated carbocycles. The van der Waals surface area contributed by atoms with E-state index in [0.29, 0.717) is 24.4 Å². The molecule has 2 heterocycles. The summed E-state index contributed by atoms with van der Waals surface area (Å²) in [5.41, 5.74) is 0.884. The van der Waals surface area contributed by atoms with Crippen LogP contribution in [0.3, 0.4) is 0 Å². The van der Waals surface area contributed by atoms with Crippen molar-refractivity contribution in [2.45, 2.75) is 38.3 Å². The zero-order valence-electron chi connectivity index (χ0n) is 13.4. The van der Waals surface area contributed by atoms with Gasteiger partial charge in [0.05, 0.1) is 13.7 Å². The predicted molar refractivity (Wildman–Crippen MR) is 86.0 cm³/mol. The fourth-order valence-corrected chi connectivity index (χ4v) is 3.09. The number of nitrogens with zero attached hydrogens (tertiary/aromatic N) is 3. The fourth-order valence-electron chi connectivity index (χ4n) is 3.09. The number of hydrogen-bond acceptors (Lipinski definition) is 6. The molecule has 1 aliphatic heterocycles. The third-order valence-corrected chi connectivity index (χ3v) is 4.35. The standard InChI is InChI=1S/C17H23N3O3/c1-22-15-7-5-13(6-8-15)17-19-18-16(23-17)12-20-10-3-2-4-14(20)9-11-21/h5-8,14,21H,2-4,9-12H2,1H3. The van der Waals surface area contributed by atoms with Crippen molar-refractivity contribution in [1.29, 1.82) is 0 Å². The lowest BCUT2D eigenvalue weighted by Gasteiger charge is -2.34. The second-order valence-corrected chi connectivity index (χ2v) is 5.86. The van der Waals surface area contributed by atoms with E-state index in [9.17, 15) is 5.11 Å². The molecule has 124 valence electrons. The molecule has 0 spiro atoms. The van der Waals surface area contributed by atoms with E-state index in [1.807, 2.05) is 24.3 Å². The average molecular weight is 317 g/mol. The number of benzene rings is 1. The topological polar surface area (TPSA) is 71.6 Å². The van der Waals surface area contributed by atoms with E-state index in [0.717, 1.165) is 30.7 Å². The van der Waals surface area contributed by atoms with Gasteiger partial charge in [-0.1, -0.05) is 6.42 Å². The molecule has 1 fully saturated rings. The molecular formula is C17H23N3O3. The molecule has 1 atom stereocenters. The Balaban J connectivity index is 1.68. The van der Waals surface area contributed by atoms with Crippen LogP contribution in [0.25, 0.3) is 11.5 Å². The molecule has 1 aromatic carbocycles. The lowest BCUT2D eigenvalue weighted by molar-refractivity contribution is 0.103. The van der Waals surface area contributed by atoms with Crippen LogP contribution in [-0.2, 0) is 6.54 Å². The minimum absolute atomic E-state index is 0.224. The number of rotatable bonds is 6. The highest BCUT2D eigenvalue weighted by Gasteiger charge is 2.23. The predicted octanol–water partition coefficient (Wildman–Crippen LogP) is 2.48. The zero-order chi connectivity index (χ0) is 16.1. The lowest BCUT2D eigenvalue weighted by Crippen LogP contribution is -2.39. The van der Waals surface area contributed by atoms with E-state index in [1.165, 1.54) is 12.8 Å². The average Bonchev–Trinajstić information content (AvgIpc) is 3.05. The summed E-state index contributed by atoms with van der Waals surface area (Å²) in [5.74, 6) is 1.95. The van der Waals surface area contributed by atoms with Crippen LogP contribution in [0.5, 0.6) is 5.75 Å². The maximum atomic E-state index is 9.21. The maximum absolute atomic E-state index is 9.21. The maximum Gasteiger partial charge on any atom is 0.247 e. The Bertz CT molecular complexity index is 610. The number of piperidine rings is 1. The zero-order valence-corrected chi connectivity index (χ0v) is 13.4. The van der Waals surface area contributed by atoms with Crippen LogP contribution in [0.4, 0.5) is 0 Å². The monoisotopic (exact) mass is 317 g/mol. The molecule has 0 amide bonds. The number of hydrogen-bond donors (Lipinski definition) is 1. The summed E-state index contributed by atoms with van der Waals surface area (Å²) in [4.78, 5) is 2.34. The highest BCUT2D eigenvalue weighted by Crippen LogP contribution is 2.24. The molecule has 1 unspecified atom stereocenters. The van der Waals surface area contributed by atoms with Crippen LogP contribution in [0, 0.1) is 0 Å². The Morgan fingerprint density at radius 2 is 2.09 bits per heavy atom. The molecule has 1 aromatic heterocycles. The molecule has 1 N–H and O–H groups in total. The van der Waals surface area contributed by atoms with Crippen LogP contribution in [0.1, 0.15) is 31.6 Å². The van der Waals surface area contributed by atoms with Gasteiger partial charge < -0.3 is 14.3 Å². The Hall–Kier alpha value is -1.92. The number of aromatic nitrogens is 2. The SMILES string of the molecule is COc1ccc(-c2nnc(CN3CCCCC3CCO)o2)cc1. The molecule has 2 aromatic rings. The summed E-state index contributed by atoms with van der Waals surface area (Å²) in [5, 5.41) is 17.5. The van der Waals surface area contributed by atoms with Gasteiger partial charge in [0.1, 0.15) is 5.75 Å². The minimum atomic E-state index is 0.224. The van der Waals surface area contributed by atoms with Gasteiger partial charge in [-0.05, 0) is 50.1 Å². The van der Waals surface area contributed by atoms with E-state index in [2.05, 4.69) is 15.1 Å². The number of ether oxygens (including phenoxy) is 1. The van der Waals surface area contributed by atoms with Gasteiger partial charge in [-0.2, -0.15) is 0 Å². The van der Waals surface area contributed by atoms with Crippen molar-refractivity contribution in [1.82, 2.24) is 15.1 Å². The summed E-state index contributed by atoms with van der Waals surface area (Å²) >= 11 is 0. The smallest absolute Gasteiger partial charge is 0.247 e. The van der Waals surface area contributed by atoms with Crippen molar-refractivity contribution < 1.29 is 14.3 Å². The van der Waals surface area contributed by atoms with Crippen molar-refractivity contribution in [3.63, 3.8) is 0 Å². The van der Waals surface area contributed by atoms with Gasteiger partial charge in [-0.25, -0.2) is 0 Å². The first-order chi connectivity index (χ1) is 11.3. The van der Waals surface area contributed by atoms with Gasteiger partial charge in [0.15, 0.2) is 0 Å². The Morgan fingerprint density at radius 3 is 2.83 bits per heavy atom. The molecular weight excluding hydrogens is 294 g/mol. The molecule has 0 radical (unpaired) electrons. The number of likely N-dealkylation sites (tertiary alicyclic amines) is 1.